The van der Waals surface area contributed by atoms with Crippen LogP contribution in [0.4, 0.5) is 0 Å². The molecule has 0 amide bonds. The van der Waals surface area contributed by atoms with Gasteiger partial charge in [0, 0.05) is 20.1 Å². The number of aryl methyl sites for hydroxylation is 1. The molecular weight excluding hydrogens is 238 g/mol. The van der Waals surface area contributed by atoms with Crippen molar-refractivity contribution in [3.8, 4) is 5.75 Å². The van der Waals surface area contributed by atoms with E-state index in [-0.39, 0.29) is 0 Å². The molecular formula is C15H25N3O. The van der Waals surface area contributed by atoms with Crippen LogP contribution < -0.4 is 15.4 Å². The summed E-state index contributed by atoms with van der Waals surface area (Å²) >= 11 is 0. The highest BCUT2D eigenvalue weighted by Gasteiger charge is 2.02. The SMILES string of the molecule is CCCNC(=NC)NCc1ccc(OCC)c(C)c1. The fraction of sp³-hybridized carbons (Fsp3) is 0.533. The Kier molecular flexibility index (Phi) is 6.79. The molecule has 0 aliphatic carbocycles. The van der Waals surface area contributed by atoms with E-state index in [0.717, 1.165) is 36.8 Å². The van der Waals surface area contributed by atoms with E-state index in [1.807, 2.05) is 13.0 Å². The number of ether oxygens (including phenoxy) is 1. The van der Waals surface area contributed by atoms with Crippen molar-refractivity contribution in [2.24, 2.45) is 4.99 Å². The average Bonchev–Trinajstić information content (AvgIpc) is 2.42. The molecule has 0 aliphatic heterocycles. The van der Waals surface area contributed by atoms with E-state index in [1.54, 1.807) is 7.05 Å². The smallest absolute Gasteiger partial charge is 0.191 e. The van der Waals surface area contributed by atoms with Crippen LogP contribution in [0.1, 0.15) is 31.4 Å². The molecule has 0 bridgehead atoms. The van der Waals surface area contributed by atoms with Gasteiger partial charge in [0.05, 0.1) is 6.61 Å². The zero-order valence-corrected chi connectivity index (χ0v) is 12.4. The number of hydrogen-bond acceptors (Lipinski definition) is 2. The number of benzene rings is 1. The van der Waals surface area contributed by atoms with Crippen LogP contribution in [0.15, 0.2) is 23.2 Å². The molecule has 106 valence electrons. The molecule has 4 nitrogen and oxygen atoms in total. The Labute approximate surface area is 116 Å². The lowest BCUT2D eigenvalue weighted by Crippen LogP contribution is -2.37. The zero-order chi connectivity index (χ0) is 14.1. The van der Waals surface area contributed by atoms with Gasteiger partial charge in [-0.25, -0.2) is 0 Å². The molecule has 0 fully saturated rings. The predicted molar refractivity (Wildman–Crippen MR) is 80.8 cm³/mol. The van der Waals surface area contributed by atoms with E-state index >= 15 is 0 Å². The van der Waals surface area contributed by atoms with Crippen LogP contribution in [0, 0.1) is 6.92 Å². The minimum atomic E-state index is 0.700. The fourth-order valence-electron chi connectivity index (χ4n) is 1.79. The van der Waals surface area contributed by atoms with Gasteiger partial charge in [-0.2, -0.15) is 0 Å². The number of aliphatic imine (C=N–C) groups is 1. The zero-order valence-electron chi connectivity index (χ0n) is 12.4. The largest absolute Gasteiger partial charge is 0.494 e. The number of hydrogen-bond donors (Lipinski definition) is 2. The Balaban J connectivity index is 2.55. The van der Waals surface area contributed by atoms with Crippen molar-refractivity contribution in [3.05, 3.63) is 29.3 Å². The Hall–Kier alpha value is -1.71. The van der Waals surface area contributed by atoms with Crippen LogP contribution in [0.5, 0.6) is 5.75 Å². The highest BCUT2D eigenvalue weighted by Crippen LogP contribution is 2.18. The first-order valence-electron chi connectivity index (χ1n) is 6.88. The maximum atomic E-state index is 5.54. The monoisotopic (exact) mass is 263 g/mol. The molecule has 0 saturated heterocycles. The maximum Gasteiger partial charge on any atom is 0.191 e. The number of nitrogens with one attached hydrogen (secondary N) is 2. The molecule has 19 heavy (non-hydrogen) atoms. The minimum Gasteiger partial charge on any atom is -0.494 e. The van der Waals surface area contributed by atoms with Crippen molar-refractivity contribution >= 4 is 5.96 Å². The molecule has 0 radical (unpaired) electrons. The van der Waals surface area contributed by atoms with Gasteiger partial charge in [-0.3, -0.25) is 4.99 Å². The Morgan fingerprint density at radius 2 is 2.05 bits per heavy atom. The molecule has 1 aromatic carbocycles. The molecule has 0 heterocycles. The van der Waals surface area contributed by atoms with Gasteiger partial charge in [-0.1, -0.05) is 19.1 Å². The van der Waals surface area contributed by atoms with Gasteiger partial charge in [0.2, 0.25) is 0 Å². The van der Waals surface area contributed by atoms with Gasteiger partial charge in [-0.05, 0) is 37.5 Å². The Morgan fingerprint density at radius 3 is 2.63 bits per heavy atom. The van der Waals surface area contributed by atoms with Crippen molar-refractivity contribution in [1.29, 1.82) is 0 Å². The van der Waals surface area contributed by atoms with Crippen LogP contribution in [0.2, 0.25) is 0 Å². The molecule has 1 aromatic rings. The van der Waals surface area contributed by atoms with E-state index in [2.05, 4.69) is 41.6 Å². The third-order valence-corrected chi connectivity index (χ3v) is 2.77. The first kappa shape index (κ1) is 15.3. The quantitative estimate of drug-likeness (QED) is 0.612. The molecule has 1 rings (SSSR count). The third kappa shape index (κ3) is 5.20. The van der Waals surface area contributed by atoms with E-state index in [4.69, 9.17) is 4.74 Å². The van der Waals surface area contributed by atoms with Gasteiger partial charge >= 0.3 is 0 Å². The summed E-state index contributed by atoms with van der Waals surface area (Å²) in [5.74, 6) is 1.80. The average molecular weight is 263 g/mol. The summed E-state index contributed by atoms with van der Waals surface area (Å²) in [6.07, 6.45) is 1.09. The first-order valence-corrected chi connectivity index (χ1v) is 6.88. The molecule has 0 aromatic heterocycles. The van der Waals surface area contributed by atoms with E-state index < -0.39 is 0 Å². The van der Waals surface area contributed by atoms with Gasteiger partial charge in [0.1, 0.15) is 5.75 Å². The van der Waals surface area contributed by atoms with E-state index in [9.17, 15) is 0 Å². The predicted octanol–water partition coefficient (Wildman–Crippen LogP) is 2.47. The van der Waals surface area contributed by atoms with Gasteiger partial charge in [0.15, 0.2) is 5.96 Å². The summed E-state index contributed by atoms with van der Waals surface area (Å²) in [4.78, 5) is 4.18. The van der Waals surface area contributed by atoms with Crippen molar-refractivity contribution < 1.29 is 4.74 Å². The second kappa shape index (κ2) is 8.40. The lowest BCUT2D eigenvalue weighted by Gasteiger charge is -2.12. The second-order valence-corrected chi connectivity index (χ2v) is 4.39. The summed E-state index contributed by atoms with van der Waals surface area (Å²) < 4.78 is 5.54. The van der Waals surface area contributed by atoms with Crippen molar-refractivity contribution in [2.75, 3.05) is 20.2 Å². The summed E-state index contributed by atoms with van der Waals surface area (Å²) in [6, 6.07) is 6.25. The third-order valence-electron chi connectivity index (χ3n) is 2.77. The lowest BCUT2D eigenvalue weighted by molar-refractivity contribution is 0.338. The first-order chi connectivity index (χ1) is 9.21. The highest BCUT2D eigenvalue weighted by atomic mass is 16.5. The molecule has 0 unspecified atom stereocenters. The molecule has 4 heteroatoms. The van der Waals surface area contributed by atoms with Crippen LogP contribution in [-0.2, 0) is 6.54 Å². The molecule has 0 atom stereocenters. The van der Waals surface area contributed by atoms with E-state index in [0.29, 0.717) is 6.61 Å². The molecule has 0 saturated carbocycles. The summed E-state index contributed by atoms with van der Waals surface area (Å²) in [7, 11) is 1.79. The van der Waals surface area contributed by atoms with Crippen molar-refractivity contribution in [3.63, 3.8) is 0 Å². The van der Waals surface area contributed by atoms with Crippen molar-refractivity contribution in [1.82, 2.24) is 10.6 Å². The van der Waals surface area contributed by atoms with E-state index in [1.165, 1.54) is 5.56 Å². The van der Waals surface area contributed by atoms with Crippen LogP contribution in [0.25, 0.3) is 0 Å². The van der Waals surface area contributed by atoms with Gasteiger partial charge in [0.25, 0.3) is 0 Å². The molecule has 2 N–H and O–H groups in total. The summed E-state index contributed by atoms with van der Waals surface area (Å²) in [5.41, 5.74) is 2.39. The summed E-state index contributed by atoms with van der Waals surface area (Å²) in [6.45, 7) is 8.59. The Morgan fingerprint density at radius 1 is 1.26 bits per heavy atom. The number of rotatable bonds is 6. The molecule has 0 aliphatic rings. The van der Waals surface area contributed by atoms with Crippen molar-refractivity contribution in [2.45, 2.75) is 33.7 Å². The Bertz CT molecular complexity index is 416. The fourth-order valence-corrected chi connectivity index (χ4v) is 1.79. The van der Waals surface area contributed by atoms with Crippen LogP contribution >= 0.6 is 0 Å². The summed E-state index contributed by atoms with van der Waals surface area (Å²) in [5, 5.41) is 6.55. The maximum absolute atomic E-state index is 5.54. The normalized spacial score (nSPS) is 11.3. The minimum absolute atomic E-state index is 0.700. The highest BCUT2D eigenvalue weighted by molar-refractivity contribution is 5.79. The second-order valence-electron chi connectivity index (χ2n) is 4.39. The number of nitrogens with zero attached hydrogens (tertiary/aromatic N) is 1. The lowest BCUT2D eigenvalue weighted by atomic mass is 10.1. The van der Waals surface area contributed by atoms with Crippen LogP contribution in [-0.4, -0.2) is 26.2 Å². The van der Waals surface area contributed by atoms with Gasteiger partial charge < -0.3 is 15.4 Å². The standard InChI is InChI=1S/C15H25N3O/c1-5-9-17-15(16-4)18-11-13-7-8-14(19-6-2)12(3)10-13/h7-8,10H,5-6,9,11H2,1-4H3,(H2,16,17,18). The van der Waals surface area contributed by atoms with Crippen LogP contribution in [0.3, 0.4) is 0 Å². The van der Waals surface area contributed by atoms with Gasteiger partial charge in [-0.15, -0.1) is 0 Å². The molecule has 0 spiro atoms. The number of guanidine groups is 1. The topological polar surface area (TPSA) is 45.7 Å².